The van der Waals surface area contributed by atoms with Crippen LogP contribution < -0.4 is 0 Å². The molecule has 4 unspecified atom stereocenters. The predicted molar refractivity (Wildman–Crippen MR) is 343 cm³/mol. The molecule has 0 aromatic carbocycles. The van der Waals surface area contributed by atoms with E-state index in [2.05, 4.69) is 136 Å². The van der Waals surface area contributed by atoms with Gasteiger partial charge in [0.05, 0.1) is 72.2 Å². The highest BCUT2D eigenvalue weighted by Gasteiger charge is 2.52. The number of fused-ring (bicyclic) bond motifs is 2. The molecule has 4 atom stereocenters. The molecule has 0 aliphatic carbocycles. The summed E-state index contributed by atoms with van der Waals surface area (Å²) >= 11 is 15.6. The van der Waals surface area contributed by atoms with Gasteiger partial charge in [0, 0.05) is 45.7 Å². The van der Waals surface area contributed by atoms with E-state index in [9.17, 15) is 0 Å². The zero-order valence-corrected chi connectivity index (χ0v) is 54.7. The van der Waals surface area contributed by atoms with Gasteiger partial charge < -0.3 is 19.6 Å². The molecule has 0 saturated heterocycles. The van der Waals surface area contributed by atoms with Crippen molar-refractivity contribution >= 4 is 135 Å². The smallest absolute Gasteiger partial charge is 0.261 e. The number of hydrogen-bond acceptors (Lipinski definition) is 9. The van der Waals surface area contributed by atoms with Gasteiger partial charge in [-0.2, -0.15) is 0 Å². The molecular weight excluding hydrogens is 1210 g/mol. The Morgan fingerprint density at radius 1 is 0.329 bits per heavy atom. The monoisotopic (exact) mass is 1280 g/mol. The molecule has 0 fully saturated rings. The second-order valence-electron chi connectivity index (χ2n) is 21.9. The summed E-state index contributed by atoms with van der Waals surface area (Å²) in [6.07, 6.45) is 16.8. The molecule has 9 rings (SSSR count). The molecule has 0 radical (unpaired) electrons. The van der Waals surface area contributed by atoms with Crippen molar-refractivity contribution in [2.45, 2.75) is 158 Å². The summed E-state index contributed by atoms with van der Waals surface area (Å²) in [6, 6.07) is 21.1. The Morgan fingerprint density at radius 3 is 0.759 bits per heavy atom. The van der Waals surface area contributed by atoms with E-state index in [1.807, 2.05) is 31.7 Å². The molecular formula is C64H78Br2N4O4S5. The number of carbonyl (C=O) groups excluding carboxylic acids is 4. The van der Waals surface area contributed by atoms with Crippen molar-refractivity contribution in [3.05, 3.63) is 110 Å². The Balaban J connectivity index is 1.10. The molecule has 8 nitrogen and oxygen atoms in total. The SMILES string of the molecule is CCCCC(CC)CN1C(=O)C2=C(c3ccc(-c4ccc(-c5ccc(C6=C7C(=O)N(CC(CC)CCCC)C(c8ccc(Br)s8)=C7C(=O)N6CC(CC)CCCC)s5)s4)s3)N(CC(CC)CCCC)C(=O)C2=C1c1ccc(Br)s1. The molecule has 5 aromatic rings. The molecule has 0 saturated carbocycles. The molecule has 0 bridgehead atoms. The molecule has 5 aromatic heterocycles. The highest BCUT2D eigenvalue weighted by atomic mass is 79.9. The fourth-order valence-corrected chi connectivity index (χ4v) is 18.1. The fourth-order valence-electron chi connectivity index (χ4n) is 11.9. The number of thiophene rings is 5. The Bertz CT molecular complexity index is 2960. The van der Waals surface area contributed by atoms with Crippen molar-refractivity contribution in [1.29, 1.82) is 0 Å². The minimum Gasteiger partial charge on any atom is -0.306 e. The van der Waals surface area contributed by atoms with Gasteiger partial charge in [0.25, 0.3) is 23.6 Å². The first-order valence-corrected chi connectivity index (χ1v) is 35.1. The number of hydrogen-bond donors (Lipinski definition) is 0. The van der Waals surface area contributed by atoms with E-state index in [1.165, 1.54) is 0 Å². The molecule has 0 spiro atoms. The molecule has 422 valence electrons. The van der Waals surface area contributed by atoms with Gasteiger partial charge in [-0.25, -0.2) is 0 Å². The van der Waals surface area contributed by atoms with Crippen molar-refractivity contribution in [1.82, 2.24) is 19.6 Å². The first-order valence-electron chi connectivity index (χ1n) is 29.4. The van der Waals surface area contributed by atoms with E-state index in [1.54, 1.807) is 56.7 Å². The molecule has 15 heteroatoms. The summed E-state index contributed by atoms with van der Waals surface area (Å²) < 4.78 is 1.94. The number of amides is 4. The average Bonchev–Trinajstić information content (AvgIpc) is 3.15. The standard InChI is InChI=1S/C64H78Br2N4O4S5/c1-9-17-21-39(13-5)35-67-57(53-55(63(67)73)59(49-31-33-51(65)78-49)69(61(53)71)37-41(15-7)23-19-11-3)47-29-27-45(76-47)43-25-26-44(75-43)46-28-30-48(77-46)58-54-56(64(74)68(58)36-40(14-6)22-18-10-2)60(50-32-34-52(66)79-50)70(62(54)72)38-42(16-8)24-20-12-4/h25-34,39-42H,9-24,35-38H2,1-8H3. The van der Waals surface area contributed by atoms with Crippen LogP contribution >= 0.6 is 88.5 Å². The first kappa shape index (κ1) is 59.9. The molecule has 4 aliphatic heterocycles. The van der Waals surface area contributed by atoms with Crippen LogP contribution in [-0.4, -0.2) is 69.4 Å². The van der Waals surface area contributed by atoms with Gasteiger partial charge in [-0.05, 0) is 142 Å². The van der Waals surface area contributed by atoms with Crippen molar-refractivity contribution in [3.8, 4) is 19.5 Å². The zero-order valence-electron chi connectivity index (χ0n) is 47.4. The minimum atomic E-state index is -0.0638. The zero-order chi connectivity index (χ0) is 56.1. The summed E-state index contributed by atoms with van der Waals surface area (Å²) in [4.78, 5) is 76.9. The van der Waals surface area contributed by atoms with E-state index in [0.29, 0.717) is 72.1 Å². The maximum Gasteiger partial charge on any atom is 0.261 e. The van der Waals surface area contributed by atoms with Crippen molar-refractivity contribution in [2.75, 3.05) is 26.2 Å². The van der Waals surface area contributed by atoms with Crippen LogP contribution in [-0.2, 0) is 19.2 Å². The largest absolute Gasteiger partial charge is 0.306 e. The van der Waals surface area contributed by atoms with Gasteiger partial charge in [-0.15, -0.1) is 56.7 Å². The van der Waals surface area contributed by atoms with Crippen molar-refractivity contribution < 1.29 is 19.2 Å². The van der Waals surface area contributed by atoms with Gasteiger partial charge in [-0.3, -0.25) is 19.2 Å². The fraction of sp³-hybridized carbons (Fsp3) is 0.500. The predicted octanol–water partition coefficient (Wildman–Crippen LogP) is 19.3. The molecule has 79 heavy (non-hydrogen) atoms. The lowest BCUT2D eigenvalue weighted by molar-refractivity contribution is -0.124. The normalized spacial score (nSPS) is 17.3. The maximum atomic E-state index is 15.3. The van der Waals surface area contributed by atoms with Crippen LogP contribution in [0.2, 0.25) is 0 Å². The minimum absolute atomic E-state index is 0.0638. The number of halogens is 2. The van der Waals surface area contributed by atoms with E-state index >= 15 is 19.2 Å². The summed E-state index contributed by atoms with van der Waals surface area (Å²) in [6.45, 7) is 20.1. The van der Waals surface area contributed by atoms with Gasteiger partial charge in [-0.1, -0.05) is 132 Å². The topological polar surface area (TPSA) is 81.2 Å². The Morgan fingerprint density at radius 2 is 0.544 bits per heavy atom. The second-order valence-corrected chi connectivity index (χ2v) is 30.1. The van der Waals surface area contributed by atoms with E-state index < -0.39 is 0 Å². The van der Waals surface area contributed by atoms with E-state index in [0.717, 1.165) is 172 Å². The van der Waals surface area contributed by atoms with Crippen LogP contribution in [0.4, 0.5) is 0 Å². The number of carbonyl (C=O) groups is 4. The summed E-state index contributed by atoms with van der Waals surface area (Å²) in [5.41, 5.74) is 5.26. The highest BCUT2D eigenvalue weighted by Crippen LogP contribution is 2.53. The Hall–Kier alpha value is -3.70. The third-order valence-electron chi connectivity index (χ3n) is 16.7. The van der Waals surface area contributed by atoms with Crippen LogP contribution in [0.1, 0.15) is 178 Å². The van der Waals surface area contributed by atoms with Crippen molar-refractivity contribution in [2.24, 2.45) is 23.7 Å². The molecule has 4 amide bonds. The lowest BCUT2D eigenvalue weighted by atomic mass is 9.98. The summed E-state index contributed by atoms with van der Waals surface area (Å²) in [7, 11) is 0. The van der Waals surface area contributed by atoms with E-state index in [-0.39, 0.29) is 23.6 Å². The molecule has 0 N–H and O–H groups in total. The second kappa shape index (κ2) is 27.1. The third-order valence-corrected chi connectivity index (χ3v) is 23.6. The Kier molecular flexibility index (Phi) is 20.6. The van der Waals surface area contributed by atoms with Gasteiger partial charge in [0.1, 0.15) is 0 Å². The number of nitrogens with zero attached hydrogens (tertiary/aromatic N) is 4. The number of rotatable bonds is 30. The highest BCUT2D eigenvalue weighted by molar-refractivity contribution is 9.11. The van der Waals surface area contributed by atoms with Gasteiger partial charge in [0.2, 0.25) is 0 Å². The van der Waals surface area contributed by atoms with Gasteiger partial charge >= 0.3 is 0 Å². The summed E-state index contributed by atoms with van der Waals surface area (Å²) in [5.74, 6) is 1.01. The third kappa shape index (κ3) is 12.4. The molecule has 4 aliphatic rings. The first-order chi connectivity index (χ1) is 38.3. The van der Waals surface area contributed by atoms with Crippen LogP contribution in [0.3, 0.4) is 0 Å². The lowest BCUT2D eigenvalue weighted by Crippen LogP contribution is -2.34. The van der Waals surface area contributed by atoms with Crippen LogP contribution in [0.15, 0.2) is 90.5 Å². The maximum absolute atomic E-state index is 15.3. The van der Waals surface area contributed by atoms with E-state index in [4.69, 9.17) is 0 Å². The van der Waals surface area contributed by atoms with Crippen LogP contribution in [0.5, 0.6) is 0 Å². The van der Waals surface area contributed by atoms with Crippen LogP contribution in [0.25, 0.3) is 42.3 Å². The number of unbranched alkanes of at least 4 members (excludes halogenated alkanes) is 4. The van der Waals surface area contributed by atoms with Crippen molar-refractivity contribution in [3.63, 3.8) is 0 Å². The van der Waals surface area contributed by atoms with Gasteiger partial charge in [0.15, 0.2) is 0 Å². The van der Waals surface area contributed by atoms with Crippen LogP contribution in [0, 0.1) is 23.7 Å². The molecule has 9 heterocycles. The Labute approximate surface area is 507 Å². The quantitative estimate of drug-likeness (QED) is 0.0459. The lowest BCUT2D eigenvalue weighted by Gasteiger charge is -2.29. The summed E-state index contributed by atoms with van der Waals surface area (Å²) in [5, 5.41) is 0. The average molecular weight is 1290 g/mol.